The molecule has 7 nitrogen and oxygen atoms in total. The normalized spacial score (nSPS) is 17.7. The van der Waals surface area contributed by atoms with Crippen LogP contribution in [0.2, 0.25) is 0 Å². The Bertz CT molecular complexity index is 647. The number of hydrogen-bond donors (Lipinski definition) is 1. The molecule has 1 saturated carbocycles. The third kappa shape index (κ3) is 4.33. The van der Waals surface area contributed by atoms with Gasteiger partial charge in [0.15, 0.2) is 0 Å². The van der Waals surface area contributed by atoms with Gasteiger partial charge in [-0.05, 0) is 25.0 Å². The maximum atomic E-state index is 12.4. The van der Waals surface area contributed by atoms with Gasteiger partial charge in [-0.25, -0.2) is 13.1 Å². The summed E-state index contributed by atoms with van der Waals surface area (Å²) in [6, 6.07) is 2.92. The second kappa shape index (κ2) is 7.02. The smallest absolute Gasteiger partial charge is 0.312 e. The number of carbonyl (C=O) groups is 1. The summed E-state index contributed by atoms with van der Waals surface area (Å²) in [5, 5.41) is 0. The SMILES string of the molecule is CCc1ccc([C@H](COC)NS(=O)(=O)CC2(C(=O)OC)CC2)o1. The zero-order chi connectivity index (χ0) is 17.1. The lowest BCUT2D eigenvalue weighted by molar-refractivity contribution is -0.146. The van der Waals surface area contributed by atoms with E-state index < -0.39 is 27.4 Å². The highest BCUT2D eigenvalue weighted by Gasteiger charge is 2.54. The van der Waals surface area contributed by atoms with Crippen molar-refractivity contribution < 1.29 is 27.1 Å². The summed E-state index contributed by atoms with van der Waals surface area (Å²) < 4.78 is 42.8. The molecule has 0 bridgehead atoms. The minimum absolute atomic E-state index is 0.140. The summed E-state index contributed by atoms with van der Waals surface area (Å²) >= 11 is 0. The van der Waals surface area contributed by atoms with Crippen molar-refractivity contribution in [1.82, 2.24) is 4.72 Å². The summed E-state index contributed by atoms with van der Waals surface area (Å²) in [5.74, 6) is 0.509. The Morgan fingerprint density at radius 1 is 1.39 bits per heavy atom. The molecule has 0 saturated heterocycles. The van der Waals surface area contributed by atoms with E-state index in [1.54, 1.807) is 6.07 Å². The number of hydrogen-bond acceptors (Lipinski definition) is 6. The predicted molar refractivity (Wildman–Crippen MR) is 83.3 cm³/mol. The molecule has 23 heavy (non-hydrogen) atoms. The Morgan fingerprint density at radius 2 is 2.09 bits per heavy atom. The zero-order valence-electron chi connectivity index (χ0n) is 13.6. The minimum atomic E-state index is -3.69. The Kier molecular flexibility index (Phi) is 5.49. The van der Waals surface area contributed by atoms with Crippen LogP contribution in [0, 0.1) is 5.41 Å². The van der Waals surface area contributed by atoms with Gasteiger partial charge in [0.2, 0.25) is 10.0 Å². The lowest BCUT2D eigenvalue weighted by atomic mass is 10.1. The number of aryl methyl sites for hydroxylation is 1. The highest BCUT2D eigenvalue weighted by Crippen LogP contribution is 2.47. The molecule has 0 unspecified atom stereocenters. The summed E-state index contributed by atoms with van der Waals surface area (Å²) in [4.78, 5) is 11.7. The van der Waals surface area contributed by atoms with Crippen LogP contribution in [-0.4, -0.2) is 41.0 Å². The predicted octanol–water partition coefficient (Wildman–Crippen LogP) is 1.40. The first kappa shape index (κ1) is 18.0. The molecule has 1 atom stereocenters. The van der Waals surface area contributed by atoms with Crippen molar-refractivity contribution in [3.63, 3.8) is 0 Å². The fourth-order valence-corrected chi connectivity index (χ4v) is 4.34. The van der Waals surface area contributed by atoms with Crippen molar-refractivity contribution in [2.75, 3.05) is 26.6 Å². The summed E-state index contributed by atoms with van der Waals surface area (Å²) in [6.07, 6.45) is 1.77. The summed E-state index contributed by atoms with van der Waals surface area (Å²) in [6.45, 7) is 2.09. The van der Waals surface area contributed by atoms with Gasteiger partial charge in [-0.1, -0.05) is 6.92 Å². The fraction of sp³-hybridized carbons (Fsp3) is 0.667. The molecular weight excluding hydrogens is 322 g/mol. The average Bonchev–Trinajstić information content (AvgIpc) is 3.11. The van der Waals surface area contributed by atoms with Crippen LogP contribution in [0.3, 0.4) is 0 Å². The van der Waals surface area contributed by atoms with E-state index in [4.69, 9.17) is 13.9 Å². The Hall–Kier alpha value is -1.38. The number of carbonyl (C=O) groups excluding carboxylic acids is 1. The zero-order valence-corrected chi connectivity index (χ0v) is 14.4. The molecule has 0 amide bonds. The van der Waals surface area contributed by atoms with E-state index in [0.29, 0.717) is 18.6 Å². The largest absolute Gasteiger partial charge is 0.469 e. The molecule has 1 aromatic heterocycles. The van der Waals surface area contributed by atoms with Gasteiger partial charge >= 0.3 is 5.97 Å². The number of rotatable bonds is 9. The number of furan rings is 1. The van der Waals surface area contributed by atoms with E-state index >= 15 is 0 Å². The van der Waals surface area contributed by atoms with E-state index in [0.717, 1.165) is 12.2 Å². The van der Waals surface area contributed by atoms with Crippen LogP contribution >= 0.6 is 0 Å². The van der Waals surface area contributed by atoms with Crippen LogP contribution in [0.4, 0.5) is 0 Å². The molecule has 0 radical (unpaired) electrons. The third-order valence-electron chi connectivity index (χ3n) is 3.97. The molecule has 8 heteroatoms. The van der Waals surface area contributed by atoms with Crippen molar-refractivity contribution in [2.24, 2.45) is 5.41 Å². The standard InChI is InChI=1S/C15H23NO6S/c1-4-11-5-6-13(22-11)12(9-20-2)16-23(18,19)10-15(7-8-15)14(17)21-3/h5-6,12,16H,4,7-10H2,1-3H3/t12-/m0/s1. The van der Waals surface area contributed by atoms with Crippen molar-refractivity contribution in [1.29, 1.82) is 0 Å². The van der Waals surface area contributed by atoms with Crippen molar-refractivity contribution in [3.05, 3.63) is 23.7 Å². The molecule has 1 aliphatic carbocycles. The Balaban J connectivity index is 2.10. The van der Waals surface area contributed by atoms with Gasteiger partial charge in [0.25, 0.3) is 0 Å². The summed E-state index contributed by atoms with van der Waals surface area (Å²) in [7, 11) is -0.933. The van der Waals surface area contributed by atoms with E-state index in [9.17, 15) is 13.2 Å². The van der Waals surface area contributed by atoms with Crippen molar-refractivity contribution >= 4 is 16.0 Å². The highest BCUT2D eigenvalue weighted by molar-refractivity contribution is 7.89. The average molecular weight is 345 g/mol. The molecule has 1 heterocycles. The molecule has 2 rings (SSSR count). The lowest BCUT2D eigenvalue weighted by Crippen LogP contribution is -2.37. The third-order valence-corrected chi connectivity index (χ3v) is 5.54. The van der Waals surface area contributed by atoms with Gasteiger partial charge in [0, 0.05) is 13.5 Å². The molecule has 1 fully saturated rings. The van der Waals surface area contributed by atoms with Gasteiger partial charge in [-0.15, -0.1) is 0 Å². The van der Waals surface area contributed by atoms with E-state index in [2.05, 4.69) is 4.72 Å². The maximum absolute atomic E-state index is 12.4. The highest BCUT2D eigenvalue weighted by atomic mass is 32.2. The van der Waals surface area contributed by atoms with Gasteiger partial charge in [0.05, 0.1) is 24.9 Å². The van der Waals surface area contributed by atoms with Crippen LogP contribution in [0.25, 0.3) is 0 Å². The van der Waals surface area contributed by atoms with Crippen LogP contribution in [0.15, 0.2) is 16.5 Å². The monoisotopic (exact) mass is 345 g/mol. The van der Waals surface area contributed by atoms with Gasteiger partial charge in [0.1, 0.15) is 17.6 Å². The van der Waals surface area contributed by atoms with Gasteiger partial charge in [-0.2, -0.15) is 0 Å². The van der Waals surface area contributed by atoms with Gasteiger partial charge in [-0.3, -0.25) is 4.79 Å². The number of ether oxygens (including phenoxy) is 2. The number of methoxy groups -OCH3 is 2. The number of nitrogens with one attached hydrogen (secondary N) is 1. The van der Waals surface area contributed by atoms with E-state index in [1.165, 1.54) is 14.2 Å². The Labute approximate surface area is 136 Å². The quantitative estimate of drug-likeness (QED) is 0.680. The first-order valence-corrected chi connectivity index (χ1v) is 9.17. The first-order valence-electron chi connectivity index (χ1n) is 7.52. The molecule has 1 N–H and O–H groups in total. The lowest BCUT2D eigenvalue weighted by Gasteiger charge is -2.18. The molecule has 0 spiro atoms. The van der Waals surface area contributed by atoms with Crippen molar-refractivity contribution in [3.8, 4) is 0 Å². The van der Waals surface area contributed by atoms with Crippen molar-refractivity contribution in [2.45, 2.75) is 32.2 Å². The number of sulfonamides is 1. The Morgan fingerprint density at radius 3 is 2.57 bits per heavy atom. The second-order valence-corrected chi connectivity index (χ2v) is 7.57. The number of esters is 1. The molecular formula is C15H23NO6S. The van der Waals surface area contributed by atoms with Crippen LogP contribution < -0.4 is 4.72 Å². The molecule has 0 aromatic carbocycles. The topological polar surface area (TPSA) is 94.8 Å². The fourth-order valence-electron chi connectivity index (χ4n) is 2.51. The summed E-state index contributed by atoms with van der Waals surface area (Å²) in [5.41, 5.74) is -0.907. The van der Waals surface area contributed by atoms with Gasteiger partial charge < -0.3 is 13.9 Å². The molecule has 1 aromatic rings. The van der Waals surface area contributed by atoms with Crippen LogP contribution in [0.1, 0.15) is 37.3 Å². The van der Waals surface area contributed by atoms with Crippen LogP contribution in [0.5, 0.6) is 0 Å². The van der Waals surface area contributed by atoms with Crippen LogP contribution in [-0.2, 0) is 30.7 Å². The minimum Gasteiger partial charge on any atom is -0.469 e. The molecule has 130 valence electrons. The van der Waals surface area contributed by atoms with E-state index in [-0.39, 0.29) is 12.4 Å². The molecule has 0 aliphatic heterocycles. The second-order valence-electron chi connectivity index (χ2n) is 5.81. The first-order chi connectivity index (χ1) is 10.9. The van der Waals surface area contributed by atoms with E-state index in [1.807, 2.05) is 13.0 Å². The maximum Gasteiger partial charge on any atom is 0.312 e. The molecule has 1 aliphatic rings.